The third-order valence-electron chi connectivity index (χ3n) is 4.22. The molecule has 0 unspecified atom stereocenters. The zero-order valence-corrected chi connectivity index (χ0v) is 13.8. The van der Waals surface area contributed by atoms with Gasteiger partial charge in [0.05, 0.1) is 17.8 Å². The van der Waals surface area contributed by atoms with Gasteiger partial charge in [0.1, 0.15) is 5.82 Å². The molecule has 0 saturated carbocycles. The van der Waals surface area contributed by atoms with Crippen molar-refractivity contribution in [2.45, 2.75) is 45.8 Å². The topological polar surface area (TPSA) is 52.6 Å². The molecule has 1 saturated heterocycles. The van der Waals surface area contributed by atoms with Crippen molar-refractivity contribution in [3.05, 3.63) is 17.8 Å². The van der Waals surface area contributed by atoms with E-state index in [2.05, 4.69) is 16.4 Å². The third-order valence-corrected chi connectivity index (χ3v) is 4.22. The molecular formula is C15H25BN2O3. The van der Waals surface area contributed by atoms with E-state index in [-0.39, 0.29) is 18.3 Å². The van der Waals surface area contributed by atoms with Gasteiger partial charge in [0, 0.05) is 25.3 Å². The fourth-order valence-electron chi connectivity index (χ4n) is 2.16. The zero-order valence-electron chi connectivity index (χ0n) is 13.8. The van der Waals surface area contributed by atoms with E-state index in [0.29, 0.717) is 6.61 Å². The summed E-state index contributed by atoms with van der Waals surface area (Å²) in [6, 6.07) is 2.06. The summed E-state index contributed by atoms with van der Waals surface area (Å²) >= 11 is 0. The summed E-state index contributed by atoms with van der Waals surface area (Å²) in [6.45, 7) is 11.6. The Labute approximate surface area is 127 Å². The molecule has 0 radical (unpaired) electrons. The quantitative estimate of drug-likeness (QED) is 0.662. The van der Waals surface area contributed by atoms with Crippen LogP contribution in [0.15, 0.2) is 12.3 Å². The average Bonchev–Trinajstić information content (AvgIpc) is 2.60. The first-order valence-corrected chi connectivity index (χ1v) is 7.32. The van der Waals surface area contributed by atoms with Crippen LogP contribution >= 0.6 is 0 Å². The van der Waals surface area contributed by atoms with Crippen molar-refractivity contribution in [2.24, 2.45) is 0 Å². The summed E-state index contributed by atoms with van der Waals surface area (Å²) in [6.07, 6.45) is 1.81. The second-order valence-corrected chi connectivity index (χ2v) is 6.44. The summed E-state index contributed by atoms with van der Waals surface area (Å²) in [5.74, 6) is 0.868. The Kier molecular flexibility index (Phi) is 4.61. The minimum Gasteiger partial charge on any atom is -0.399 e. The lowest BCUT2D eigenvalue weighted by atomic mass is 9.80. The Bertz CT molecular complexity index is 490. The molecule has 116 valence electrons. The number of hydrogen-bond acceptors (Lipinski definition) is 5. The Hall–Kier alpha value is -1.11. The predicted molar refractivity (Wildman–Crippen MR) is 85.1 cm³/mol. The number of rotatable bonds is 5. The van der Waals surface area contributed by atoms with E-state index in [9.17, 15) is 0 Å². The number of aryl methyl sites for hydroxylation is 1. The molecule has 1 aliphatic rings. The van der Waals surface area contributed by atoms with Gasteiger partial charge in [-0.1, -0.05) is 6.07 Å². The molecule has 2 heterocycles. The first kappa shape index (κ1) is 16.3. The Balaban J connectivity index is 2.11. The Morgan fingerprint density at radius 1 is 1.24 bits per heavy atom. The number of hydrogen-bond donors (Lipinski definition) is 1. The van der Waals surface area contributed by atoms with Crippen LogP contribution in [0, 0.1) is 6.92 Å². The average molecular weight is 292 g/mol. The number of nitrogens with zero attached hydrogens (tertiary/aromatic N) is 1. The van der Waals surface area contributed by atoms with Gasteiger partial charge in [-0.3, -0.25) is 0 Å². The van der Waals surface area contributed by atoms with Gasteiger partial charge in [0.2, 0.25) is 0 Å². The molecule has 5 nitrogen and oxygen atoms in total. The highest BCUT2D eigenvalue weighted by molar-refractivity contribution is 6.62. The molecule has 1 fully saturated rings. The van der Waals surface area contributed by atoms with Gasteiger partial charge in [-0.2, -0.15) is 0 Å². The number of ether oxygens (including phenoxy) is 1. The molecule has 1 aromatic heterocycles. The monoisotopic (exact) mass is 292 g/mol. The molecule has 2 rings (SSSR count). The van der Waals surface area contributed by atoms with Gasteiger partial charge in [0.25, 0.3) is 0 Å². The summed E-state index contributed by atoms with van der Waals surface area (Å²) in [5.41, 5.74) is 1.35. The molecule has 1 aromatic rings. The predicted octanol–water partition coefficient (Wildman–Crippen LogP) is 1.75. The summed E-state index contributed by atoms with van der Waals surface area (Å²) in [7, 11) is 1.32. The fourth-order valence-corrected chi connectivity index (χ4v) is 2.16. The lowest BCUT2D eigenvalue weighted by Gasteiger charge is -2.32. The van der Waals surface area contributed by atoms with Crippen LogP contribution in [-0.2, 0) is 14.0 Å². The minimum absolute atomic E-state index is 0.332. The van der Waals surface area contributed by atoms with Crippen molar-refractivity contribution >= 4 is 18.4 Å². The van der Waals surface area contributed by atoms with Crippen molar-refractivity contribution in [1.82, 2.24) is 4.98 Å². The van der Waals surface area contributed by atoms with Crippen LogP contribution in [0.25, 0.3) is 0 Å². The largest absolute Gasteiger partial charge is 0.496 e. The molecular weight excluding hydrogens is 267 g/mol. The van der Waals surface area contributed by atoms with Crippen LogP contribution in [0.2, 0.25) is 0 Å². The van der Waals surface area contributed by atoms with Gasteiger partial charge >= 0.3 is 7.12 Å². The van der Waals surface area contributed by atoms with Crippen LogP contribution < -0.4 is 10.8 Å². The molecule has 0 bridgehead atoms. The van der Waals surface area contributed by atoms with Crippen molar-refractivity contribution in [1.29, 1.82) is 0 Å². The SMILES string of the molecule is COCCNc1ncc(B2OC(C)(C)C(C)(C)O2)cc1C. The number of pyridine rings is 1. The van der Waals surface area contributed by atoms with Crippen LogP contribution in [0.4, 0.5) is 5.82 Å². The smallest absolute Gasteiger partial charge is 0.399 e. The van der Waals surface area contributed by atoms with Crippen molar-refractivity contribution in [2.75, 3.05) is 25.6 Å². The van der Waals surface area contributed by atoms with Crippen LogP contribution in [-0.4, -0.2) is 43.6 Å². The van der Waals surface area contributed by atoms with E-state index >= 15 is 0 Å². The third kappa shape index (κ3) is 3.39. The van der Waals surface area contributed by atoms with Gasteiger partial charge in [-0.15, -0.1) is 0 Å². The van der Waals surface area contributed by atoms with Gasteiger partial charge in [-0.05, 0) is 40.2 Å². The van der Waals surface area contributed by atoms with Gasteiger partial charge < -0.3 is 19.4 Å². The molecule has 6 heteroatoms. The first-order valence-electron chi connectivity index (χ1n) is 7.32. The molecule has 1 N–H and O–H groups in total. The van der Waals surface area contributed by atoms with Gasteiger partial charge in [-0.25, -0.2) is 4.98 Å². The maximum atomic E-state index is 6.04. The minimum atomic E-state index is -0.366. The molecule has 0 amide bonds. The highest BCUT2D eigenvalue weighted by Gasteiger charge is 2.51. The van der Waals surface area contributed by atoms with Crippen LogP contribution in [0.1, 0.15) is 33.3 Å². The van der Waals surface area contributed by atoms with Gasteiger partial charge in [0.15, 0.2) is 0 Å². The van der Waals surface area contributed by atoms with Crippen molar-refractivity contribution in [3.8, 4) is 0 Å². The highest BCUT2D eigenvalue weighted by Crippen LogP contribution is 2.36. The molecule has 0 atom stereocenters. The van der Waals surface area contributed by atoms with Crippen LogP contribution in [0.5, 0.6) is 0 Å². The standard InChI is InChI=1S/C15H25BN2O3/c1-11-9-12(10-18-13(11)17-7-8-19-6)16-20-14(2,3)15(4,5)21-16/h9-10H,7-8H2,1-6H3,(H,17,18). The second-order valence-electron chi connectivity index (χ2n) is 6.44. The maximum Gasteiger partial charge on any atom is 0.496 e. The number of nitrogens with one attached hydrogen (secondary N) is 1. The Morgan fingerprint density at radius 3 is 2.38 bits per heavy atom. The fraction of sp³-hybridized carbons (Fsp3) is 0.667. The van der Waals surface area contributed by atoms with E-state index < -0.39 is 0 Å². The molecule has 0 aromatic carbocycles. The summed E-state index contributed by atoms with van der Waals surface area (Å²) < 4.78 is 17.1. The Morgan fingerprint density at radius 2 is 1.86 bits per heavy atom. The summed E-state index contributed by atoms with van der Waals surface area (Å²) in [5, 5.41) is 3.25. The van der Waals surface area contributed by atoms with E-state index in [4.69, 9.17) is 14.0 Å². The number of aromatic nitrogens is 1. The van der Waals surface area contributed by atoms with E-state index in [1.54, 1.807) is 7.11 Å². The first-order chi connectivity index (χ1) is 9.77. The normalized spacial score (nSPS) is 19.8. The lowest BCUT2D eigenvalue weighted by molar-refractivity contribution is 0.00578. The van der Waals surface area contributed by atoms with E-state index in [1.165, 1.54) is 0 Å². The summed E-state index contributed by atoms with van der Waals surface area (Å²) in [4.78, 5) is 4.46. The number of anilines is 1. The van der Waals surface area contributed by atoms with Crippen LogP contribution in [0.3, 0.4) is 0 Å². The number of methoxy groups -OCH3 is 1. The van der Waals surface area contributed by atoms with E-state index in [0.717, 1.165) is 23.4 Å². The van der Waals surface area contributed by atoms with E-state index in [1.807, 2.05) is 40.8 Å². The lowest BCUT2D eigenvalue weighted by Crippen LogP contribution is -2.41. The molecule has 1 aliphatic heterocycles. The van der Waals surface area contributed by atoms with Crippen molar-refractivity contribution in [3.63, 3.8) is 0 Å². The van der Waals surface area contributed by atoms with Crippen molar-refractivity contribution < 1.29 is 14.0 Å². The second kappa shape index (κ2) is 5.95. The molecule has 0 aliphatic carbocycles. The molecule has 21 heavy (non-hydrogen) atoms. The molecule has 0 spiro atoms. The highest BCUT2D eigenvalue weighted by atomic mass is 16.7. The zero-order chi connectivity index (χ0) is 15.7. The maximum absolute atomic E-state index is 6.04.